The third kappa shape index (κ3) is 4.26. The molecule has 126 valence electrons. The predicted molar refractivity (Wildman–Crippen MR) is 95.1 cm³/mol. The van der Waals surface area contributed by atoms with E-state index in [-0.39, 0.29) is 0 Å². The first kappa shape index (κ1) is 16.3. The van der Waals surface area contributed by atoms with Gasteiger partial charge in [0, 0.05) is 25.3 Å². The Morgan fingerprint density at radius 1 is 1.12 bits per heavy atom. The molecule has 1 saturated heterocycles. The first-order valence-electron chi connectivity index (χ1n) is 8.13. The quantitative estimate of drug-likeness (QED) is 0.858. The molecule has 0 unspecified atom stereocenters. The van der Waals surface area contributed by atoms with Crippen molar-refractivity contribution >= 4 is 11.7 Å². The molecule has 0 spiro atoms. The van der Waals surface area contributed by atoms with E-state index in [1.165, 1.54) is 11.1 Å². The summed E-state index contributed by atoms with van der Waals surface area (Å²) in [6.45, 7) is 3.22. The van der Waals surface area contributed by atoms with Crippen LogP contribution < -0.4 is 15.8 Å². The van der Waals surface area contributed by atoms with Crippen molar-refractivity contribution in [1.82, 2.24) is 4.90 Å². The lowest BCUT2D eigenvalue weighted by molar-refractivity contribution is 0.0926. The number of anilines is 1. The van der Waals surface area contributed by atoms with E-state index in [1.54, 1.807) is 7.11 Å². The Balaban J connectivity index is 1.44. The molecule has 2 aromatic carbocycles. The molecule has 1 aliphatic rings. The fourth-order valence-electron chi connectivity index (χ4n) is 3.12. The summed E-state index contributed by atoms with van der Waals surface area (Å²) in [5, 5.41) is 2.58. The maximum Gasteiger partial charge on any atom is 0.316 e. The summed E-state index contributed by atoms with van der Waals surface area (Å²) < 4.78 is 5.18. The number of likely N-dealkylation sites (tertiary alicyclic amines) is 1. The highest BCUT2D eigenvalue weighted by molar-refractivity contribution is 5.87. The molecule has 0 aromatic heterocycles. The Morgan fingerprint density at radius 2 is 1.75 bits per heavy atom. The summed E-state index contributed by atoms with van der Waals surface area (Å²) >= 11 is 0. The van der Waals surface area contributed by atoms with Crippen molar-refractivity contribution in [2.75, 3.05) is 25.5 Å². The summed E-state index contributed by atoms with van der Waals surface area (Å²) in [5.74, 6) is 1.59. The molecule has 5 heteroatoms. The fourth-order valence-corrected chi connectivity index (χ4v) is 3.12. The van der Waals surface area contributed by atoms with E-state index < -0.39 is 6.03 Å². The van der Waals surface area contributed by atoms with Gasteiger partial charge in [0.1, 0.15) is 5.75 Å². The third-order valence-electron chi connectivity index (χ3n) is 4.34. The summed E-state index contributed by atoms with van der Waals surface area (Å²) in [6.07, 6.45) is 1.07. The van der Waals surface area contributed by atoms with Crippen molar-refractivity contribution in [3.05, 3.63) is 59.7 Å². The first-order valence-corrected chi connectivity index (χ1v) is 8.13. The third-order valence-corrected chi connectivity index (χ3v) is 4.34. The average Bonchev–Trinajstić information content (AvgIpc) is 2.54. The van der Waals surface area contributed by atoms with Crippen LogP contribution in [0.3, 0.4) is 0 Å². The molecule has 1 heterocycles. The van der Waals surface area contributed by atoms with Gasteiger partial charge in [0.25, 0.3) is 0 Å². The Hall–Kier alpha value is -2.53. The van der Waals surface area contributed by atoms with Gasteiger partial charge in [-0.15, -0.1) is 0 Å². The standard InChI is InChI=1S/C19H23N3O2/c1-24-18-8-4-15(5-9-18)11-22-12-16(13-22)10-14-2-6-17(7-3-14)21-19(20)23/h2-9,16H,10-13H2,1H3,(H3,20,21,23). The average molecular weight is 325 g/mol. The van der Waals surface area contributed by atoms with Gasteiger partial charge in [-0.25, -0.2) is 4.79 Å². The number of nitrogens with two attached hydrogens (primary N) is 1. The fraction of sp³-hybridized carbons (Fsp3) is 0.316. The number of methoxy groups -OCH3 is 1. The van der Waals surface area contributed by atoms with Gasteiger partial charge in [0.15, 0.2) is 0 Å². The van der Waals surface area contributed by atoms with Crippen LogP contribution in [0.5, 0.6) is 5.75 Å². The monoisotopic (exact) mass is 325 g/mol. The number of ether oxygens (including phenoxy) is 1. The van der Waals surface area contributed by atoms with Crippen molar-refractivity contribution in [2.45, 2.75) is 13.0 Å². The van der Waals surface area contributed by atoms with Gasteiger partial charge in [-0.2, -0.15) is 0 Å². The second-order valence-electron chi connectivity index (χ2n) is 6.30. The summed E-state index contributed by atoms with van der Waals surface area (Å²) in [6, 6.07) is 15.6. The van der Waals surface area contributed by atoms with Crippen molar-refractivity contribution < 1.29 is 9.53 Å². The lowest BCUT2D eigenvalue weighted by Crippen LogP contribution is -2.46. The van der Waals surface area contributed by atoms with Crippen molar-refractivity contribution in [3.8, 4) is 5.75 Å². The van der Waals surface area contributed by atoms with Crippen LogP contribution in [-0.4, -0.2) is 31.1 Å². The molecule has 2 aromatic rings. The van der Waals surface area contributed by atoms with Crippen LogP contribution >= 0.6 is 0 Å². The van der Waals surface area contributed by atoms with Crippen LogP contribution in [0.15, 0.2) is 48.5 Å². The zero-order valence-electron chi connectivity index (χ0n) is 13.9. The highest BCUT2D eigenvalue weighted by Crippen LogP contribution is 2.24. The highest BCUT2D eigenvalue weighted by Gasteiger charge is 2.26. The molecule has 1 aliphatic heterocycles. The smallest absolute Gasteiger partial charge is 0.316 e. The maximum absolute atomic E-state index is 10.8. The van der Waals surface area contributed by atoms with Crippen LogP contribution in [0.1, 0.15) is 11.1 Å². The molecule has 24 heavy (non-hydrogen) atoms. The number of amides is 2. The van der Waals surface area contributed by atoms with Gasteiger partial charge in [-0.1, -0.05) is 24.3 Å². The number of primary amides is 1. The second kappa shape index (κ2) is 7.36. The highest BCUT2D eigenvalue weighted by atomic mass is 16.5. The summed E-state index contributed by atoms with van der Waals surface area (Å²) in [5.41, 5.74) is 8.45. The van der Waals surface area contributed by atoms with Crippen molar-refractivity contribution in [2.24, 2.45) is 11.7 Å². The zero-order valence-corrected chi connectivity index (χ0v) is 13.9. The van der Waals surface area contributed by atoms with Gasteiger partial charge < -0.3 is 15.8 Å². The number of nitrogens with one attached hydrogen (secondary N) is 1. The van der Waals surface area contributed by atoms with E-state index in [9.17, 15) is 4.79 Å². The number of carbonyl (C=O) groups is 1. The zero-order chi connectivity index (χ0) is 16.9. The van der Waals surface area contributed by atoms with E-state index in [2.05, 4.69) is 34.5 Å². The number of hydrogen-bond donors (Lipinski definition) is 2. The number of nitrogens with zero attached hydrogens (tertiary/aromatic N) is 1. The van der Waals surface area contributed by atoms with Crippen LogP contribution in [0.2, 0.25) is 0 Å². The van der Waals surface area contributed by atoms with E-state index in [0.717, 1.165) is 37.5 Å². The Kier molecular flexibility index (Phi) is 5.01. The predicted octanol–water partition coefficient (Wildman–Crippen LogP) is 2.86. The number of rotatable bonds is 6. The van der Waals surface area contributed by atoms with E-state index >= 15 is 0 Å². The Morgan fingerprint density at radius 3 is 2.33 bits per heavy atom. The largest absolute Gasteiger partial charge is 0.497 e. The van der Waals surface area contributed by atoms with Crippen molar-refractivity contribution in [1.29, 1.82) is 0 Å². The molecule has 1 fully saturated rings. The molecule has 0 radical (unpaired) electrons. The normalized spacial score (nSPS) is 14.9. The van der Waals surface area contributed by atoms with Gasteiger partial charge >= 0.3 is 6.03 Å². The van der Waals surface area contributed by atoms with Crippen LogP contribution in [0.25, 0.3) is 0 Å². The lowest BCUT2D eigenvalue weighted by atomic mass is 9.91. The topological polar surface area (TPSA) is 67.6 Å². The summed E-state index contributed by atoms with van der Waals surface area (Å²) in [4.78, 5) is 13.3. The molecule has 0 aliphatic carbocycles. The molecule has 2 amide bonds. The van der Waals surface area contributed by atoms with E-state index in [0.29, 0.717) is 5.92 Å². The minimum Gasteiger partial charge on any atom is -0.497 e. The maximum atomic E-state index is 10.8. The number of benzene rings is 2. The number of urea groups is 1. The molecule has 3 N–H and O–H groups in total. The van der Waals surface area contributed by atoms with Gasteiger partial charge in [0.2, 0.25) is 0 Å². The SMILES string of the molecule is COc1ccc(CN2CC(Cc3ccc(NC(N)=O)cc3)C2)cc1. The van der Waals surface area contributed by atoms with E-state index in [1.807, 2.05) is 24.3 Å². The molecular formula is C19H23N3O2. The molecule has 0 atom stereocenters. The first-order chi connectivity index (χ1) is 11.6. The van der Waals surface area contributed by atoms with Crippen LogP contribution in [0.4, 0.5) is 10.5 Å². The minimum absolute atomic E-state index is 0.532. The molecular weight excluding hydrogens is 302 g/mol. The van der Waals surface area contributed by atoms with Crippen LogP contribution in [0, 0.1) is 5.92 Å². The molecule has 5 nitrogen and oxygen atoms in total. The summed E-state index contributed by atoms with van der Waals surface area (Å²) in [7, 11) is 1.69. The number of carbonyl (C=O) groups excluding carboxylic acids is 1. The number of hydrogen-bond acceptors (Lipinski definition) is 3. The van der Waals surface area contributed by atoms with Gasteiger partial charge in [-0.05, 0) is 47.7 Å². The molecule has 0 saturated carbocycles. The van der Waals surface area contributed by atoms with Gasteiger partial charge in [0.05, 0.1) is 7.11 Å². The second-order valence-corrected chi connectivity index (χ2v) is 6.30. The van der Waals surface area contributed by atoms with Crippen molar-refractivity contribution in [3.63, 3.8) is 0 Å². The lowest BCUT2D eigenvalue weighted by Gasteiger charge is -2.39. The molecule has 0 bridgehead atoms. The van der Waals surface area contributed by atoms with Crippen LogP contribution in [-0.2, 0) is 13.0 Å². The Labute approximate surface area is 142 Å². The Bertz CT molecular complexity index is 677. The van der Waals surface area contributed by atoms with Gasteiger partial charge in [-0.3, -0.25) is 4.90 Å². The molecule has 3 rings (SSSR count). The minimum atomic E-state index is -0.532. The van der Waals surface area contributed by atoms with E-state index in [4.69, 9.17) is 10.5 Å².